The normalized spacial score (nSPS) is 10.3. The molecule has 106 valence electrons. The molecule has 1 heterocycles. The zero-order valence-electron chi connectivity index (χ0n) is 11.0. The standard InChI is InChI=1S/C12H14N4O2S2/c1-16(2)9-5-3-8(4-6-9)13-11-14-15-12(20-11)19-7-10(17)18/h3-6H,7H2,1-2H3,(H,13,14)(H,17,18). The average molecular weight is 310 g/mol. The molecule has 2 rings (SSSR count). The van der Waals surface area contributed by atoms with Gasteiger partial charge in [0.1, 0.15) is 0 Å². The van der Waals surface area contributed by atoms with Gasteiger partial charge in [0.05, 0.1) is 5.75 Å². The molecule has 8 heteroatoms. The van der Waals surface area contributed by atoms with E-state index in [0.717, 1.165) is 23.1 Å². The molecule has 0 aliphatic rings. The molecular formula is C12H14N4O2S2. The summed E-state index contributed by atoms with van der Waals surface area (Å²) in [6.07, 6.45) is 0. The van der Waals surface area contributed by atoms with E-state index in [0.29, 0.717) is 9.47 Å². The fourth-order valence-corrected chi connectivity index (χ4v) is 2.90. The molecule has 0 unspecified atom stereocenters. The van der Waals surface area contributed by atoms with Crippen LogP contribution in [0.1, 0.15) is 0 Å². The van der Waals surface area contributed by atoms with Crippen LogP contribution in [0.15, 0.2) is 28.6 Å². The molecule has 2 aromatic rings. The van der Waals surface area contributed by atoms with Gasteiger partial charge in [0.25, 0.3) is 0 Å². The molecule has 0 aliphatic heterocycles. The minimum atomic E-state index is -0.862. The van der Waals surface area contributed by atoms with Gasteiger partial charge in [-0.25, -0.2) is 0 Å². The number of carbonyl (C=O) groups is 1. The number of anilines is 3. The lowest BCUT2D eigenvalue weighted by molar-refractivity contribution is -0.133. The Kier molecular flexibility index (Phi) is 4.80. The number of benzene rings is 1. The van der Waals surface area contributed by atoms with Gasteiger partial charge in [0.2, 0.25) is 5.13 Å². The topological polar surface area (TPSA) is 78.3 Å². The van der Waals surface area contributed by atoms with Crippen LogP contribution in [0, 0.1) is 0 Å². The SMILES string of the molecule is CN(C)c1ccc(Nc2nnc(SCC(=O)O)s2)cc1. The summed E-state index contributed by atoms with van der Waals surface area (Å²) < 4.78 is 0.639. The Morgan fingerprint density at radius 2 is 2.05 bits per heavy atom. The number of nitrogens with one attached hydrogen (secondary N) is 1. The van der Waals surface area contributed by atoms with Crippen molar-refractivity contribution in [1.82, 2.24) is 10.2 Å². The lowest BCUT2D eigenvalue weighted by atomic mass is 10.3. The first kappa shape index (κ1) is 14.6. The van der Waals surface area contributed by atoms with Crippen LogP contribution in [0.3, 0.4) is 0 Å². The molecule has 6 nitrogen and oxygen atoms in total. The van der Waals surface area contributed by atoms with Gasteiger partial charge in [-0.1, -0.05) is 23.1 Å². The summed E-state index contributed by atoms with van der Waals surface area (Å²) in [7, 11) is 3.97. The number of thioether (sulfide) groups is 1. The van der Waals surface area contributed by atoms with E-state index in [1.54, 1.807) is 0 Å². The van der Waals surface area contributed by atoms with E-state index < -0.39 is 5.97 Å². The predicted octanol–water partition coefficient (Wildman–Crippen LogP) is 2.52. The number of aliphatic carboxylic acids is 1. The monoisotopic (exact) mass is 310 g/mol. The molecule has 0 spiro atoms. The summed E-state index contributed by atoms with van der Waals surface area (Å²) in [5.41, 5.74) is 2.03. The first-order chi connectivity index (χ1) is 9.54. The molecule has 0 bridgehead atoms. The molecule has 2 N–H and O–H groups in total. The van der Waals surface area contributed by atoms with Crippen molar-refractivity contribution in [1.29, 1.82) is 0 Å². The third-order valence-electron chi connectivity index (χ3n) is 2.36. The van der Waals surface area contributed by atoms with E-state index in [4.69, 9.17) is 5.11 Å². The van der Waals surface area contributed by atoms with Gasteiger partial charge in [-0.3, -0.25) is 4.79 Å². The number of nitrogens with zero attached hydrogens (tertiary/aromatic N) is 3. The number of carboxylic acids is 1. The van der Waals surface area contributed by atoms with Gasteiger partial charge in [0, 0.05) is 25.5 Å². The van der Waals surface area contributed by atoms with E-state index in [9.17, 15) is 4.79 Å². The minimum Gasteiger partial charge on any atom is -0.481 e. The fourth-order valence-electron chi connectivity index (χ4n) is 1.41. The maximum atomic E-state index is 10.5. The lowest BCUT2D eigenvalue weighted by Gasteiger charge is -2.12. The van der Waals surface area contributed by atoms with Gasteiger partial charge >= 0.3 is 5.97 Å². The largest absolute Gasteiger partial charge is 0.481 e. The summed E-state index contributed by atoms with van der Waals surface area (Å²) >= 11 is 2.50. The highest BCUT2D eigenvalue weighted by Crippen LogP contribution is 2.28. The van der Waals surface area contributed by atoms with Gasteiger partial charge < -0.3 is 15.3 Å². The van der Waals surface area contributed by atoms with Crippen molar-refractivity contribution in [3.05, 3.63) is 24.3 Å². The Morgan fingerprint density at radius 3 is 2.65 bits per heavy atom. The Morgan fingerprint density at radius 1 is 1.35 bits per heavy atom. The van der Waals surface area contributed by atoms with Crippen LogP contribution >= 0.6 is 23.1 Å². The second-order valence-corrected chi connectivity index (χ2v) is 6.32. The van der Waals surface area contributed by atoms with Crippen molar-refractivity contribution in [2.45, 2.75) is 4.34 Å². The van der Waals surface area contributed by atoms with Crippen molar-refractivity contribution in [2.24, 2.45) is 0 Å². The molecule has 0 aliphatic carbocycles. The number of rotatable bonds is 6. The lowest BCUT2D eigenvalue weighted by Crippen LogP contribution is -2.08. The molecular weight excluding hydrogens is 296 g/mol. The van der Waals surface area contributed by atoms with Crippen LogP contribution in [0.5, 0.6) is 0 Å². The Balaban J connectivity index is 1.97. The highest BCUT2D eigenvalue weighted by Gasteiger charge is 2.07. The molecule has 0 amide bonds. The van der Waals surface area contributed by atoms with Crippen molar-refractivity contribution < 1.29 is 9.90 Å². The van der Waals surface area contributed by atoms with Gasteiger partial charge in [-0.05, 0) is 24.3 Å². The van der Waals surface area contributed by atoms with Crippen molar-refractivity contribution in [3.63, 3.8) is 0 Å². The van der Waals surface area contributed by atoms with Crippen LogP contribution in [-0.4, -0.2) is 41.1 Å². The molecule has 0 saturated heterocycles. The van der Waals surface area contributed by atoms with E-state index in [2.05, 4.69) is 15.5 Å². The molecule has 0 atom stereocenters. The average Bonchev–Trinajstić information content (AvgIpc) is 2.84. The van der Waals surface area contributed by atoms with Crippen molar-refractivity contribution in [2.75, 3.05) is 30.1 Å². The van der Waals surface area contributed by atoms with Gasteiger partial charge in [-0.2, -0.15) is 0 Å². The fraction of sp³-hybridized carbons (Fsp3) is 0.250. The van der Waals surface area contributed by atoms with Crippen LogP contribution < -0.4 is 10.2 Å². The number of hydrogen-bond acceptors (Lipinski definition) is 7. The summed E-state index contributed by atoms with van der Waals surface area (Å²) in [5.74, 6) is -0.870. The summed E-state index contributed by atoms with van der Waals surface area (Å²) in [4.78, 5) is 12.5. The van der Waals surface area contributed by atoms with Crippen LogP contribution in [-0.2, 0) is 4.79 Å². The van der Waals surface area contributed by atoms with Crippen LogP contribution in [0.2, 0.25) is 0 Å². The van der Waals surface area contributed by atoms with E-state index in [1.165, 1.54) is 11.3 Å². The molecule has 1 aromatic carbocycles. The third-order valence-corrected chi connectivity index (χ3v) is 4.32. The zero-order chi connectivity index (χ0) is 14.5. The highest BCUT2D eigenvalue weighted by atomic mass is 32.2. The highest BCUT2D eigenvalue weighted by molar-refractivity contribution is 8.01. The minimum absolute atomic E-state index is 0.00777. The summed E-state index contributed by atoms with van der Waals surface area (Å²) in [6, 6.07) is 7.93. The Bertz CT molecular complexity index is 583. The van der Waals surface area contributed by atoms with Crippen molar-refractivity contribution >= 4 is 45.6 Å². The zero-order valence-corrected chi connectivity index (χ0v) is 12.7. The summed E-state index contributed by atoms with van der Waals surface area (Å²) in [5, 5.41) is 20.3. The van der Waals surface area contributed by atoms with E-state index >= 15 is 0 Å². The third kappa shape index (κ3) is 4.10. The van der Waals surface area contributed by atoms with Crippen LogP contribution in [0.4, 0.5) is 16.5 Å². The van der Waals surface area contributed by atoms with Crippen LogP contribution in [0.25, 0.3) is 0 Å². The predicted molar refractivity (Wildman–Crippen MR) is 82.3 cm³/mol. The maximum Gasteiger partial charge on any atom is 0.313 e. The number of carboxylic acid groups (broad SMARTS) is 1. The smallest absolute Gasteiger partial charge is 0.313 e. The second kappa shape index (κ2) is 6.58. The molecule has 0 radical (unpaired) electrons. The number of hydrogen-bond donors (Lipinski definition) is 2. The quantitative estimate of drug-likeness (QED) is 0.794. The molecule has 0 fully saturated rings. The van der Waals surface area contributed by atoms with Gasteiger partial charge in [-0.15, -0.1) is 10.2 Å². The first-order valence-electron chi connectivity index (χ1n) is 5.77. The second-order valence-electron chi connectivity index (χ2n) is 4.12. The summed E-state index contributed by atoms with van der Waals surface area (Å²) in [6.45, 7) is 0. The Labute approximate surface area is 124 Å². The van der Waals surface area contributed by atoms with Gasteiger partial charge in [0.15, 0.2) is 4.34 Å². The Hall–Kier alpha value is -1.80. The molecule has 20 heavy (non-hydrogen) atoms. The molecule has 1 aromatic heterocycles. The number of aromatic nitrogens is 2. The first-order valence-corrected chi connectivity index (χ1v) is 7.57. The van der Waals surface area contributed by atoms with E-state index in [1.807, 2.05) is 43.3 Å². The maximum absolute atomic E-state index is 10.5. The van der Waals surface area contributed by atoms with E-state index in [-0.39, 0.29) is 5.75 Å². The molecule has 0 saturated carbocycles. The van der Waals surface area contributed by atoms with Crippen molar-refractivity contribution in [3.8, 4) is 0 Å².